The van der Waals surface area contributed by atoms with Crippen LogP contribution >= 0.6 is 27.5 Å². The van der Waals surface area contributed by atoms with Crippen LogP contribution in [0.2, 0.25) is 5.02 Å². The van der Waals surface area contributed by atoms with E-state index in [0.717, 1.165) is 0 Å². The van der Waals surface area contributed by atoms with Crippen molar-refractivity contribution in [3.8, 4) is 17.0 Å². The molecule has 1 N–H and O–H groups in total. The van der Waals surface area contributed by atoms with Gasteiger partial charge in [-0.3, -0.25) is 4.68 Å². The lowest BCUT2D eigenvalue weighted by Crippen LogP contribution is -2.27. The van der Waals surface area contributed by atoms with E-state index in [9.17, 15) is 13.9 Å². The summed E-state index contributed by atoms with van der Waals surface area (Å²) in [4.78, 5) is 0. The molecular formula is C16H18BrClF2N2O2. The van der Waals surface area contributed by atoms with Crippen molar-refractivity contribution in [1.82, 2.24) is 9.78 Å². The summed E-state index contributed by atoms with van der Waals surface area (Å²) >= 11 is 9.66. The van der Waals surface area contributed by atoms with E-state index in [-0.39, 0.29) is 12.3 Å². The number of aryl methyl sites for hydroxylation is 1. The van der Waals surface area contributed by atoms with Gasteiger partial charge in [-0.15, -0.1) is 0 Å². The minimum absolute atomic E-state index is 0.0131. The van der Waals surface area contributed by atoms with Crippen LogP contribution in [0, 0.1) is 0 Å². The van der Waals surface area contributed by atoms with E-state index in [1.54, 1.807) is 26.0 Å². The zero-order valence-electron chi connectivity index (χ0n) is 13.5. The van der Waals surface area contributed by atoms with Crippen LogP contribution in [0.5, 0.6) is 5.75 Å². The number of alkyl halides is 2. The number of hydrogen-bond donors (Lipinski definition) is 1. The number of hydrogen-bond acceptors (Lipinski definition) is 3. The second-order valence-electron chi connectivity index (χ2n) is 5.95. The monoisotopic (exact) mass is 422 g/mol. The maximum Gasteiger partial charge on any atom is 0.387 e. The smallest absolute Gasteiger partial charge is 0.387 e. The predicted octanol–water partition coefficient (Wildman–Crippen LogP) is 4.90. The molecule has 1 heterocycles. The summed E-state index contributed by atoms with van der Waals surface area (Å²) in [5.41, 5.74) is 0.411. The molecule has 1 aromatic heterocycles. The summed E-state index contributed by atoms with van der Waals surface area (Å²) in [5.74, 6) is -0.0131. The molecule has 0 unspecified atom stereocenters. The predicted molar refractivity (Wildman–Crippen MR) is 92.7 cm³/mol. The molecule has 0 aliphatic carbocycles. The SMILES string of the molecule is CCc1nn(CC(C)(C)O)c(-c2ccc(Br)cc2OC(F)F)c1Cl. The first-order chi connectivity index (χ1) is 11.1. The van der Waals surface area contributed by atoms with Gasteiger partial charge in [-0.1, -0.05) is 34.5 Å². The number of benzene rings is 1. The van der Waals surface area contributed by atoms with Gasteiger partial charge in [-0.05, 0) is 38.5 Å². The highest BCUT2D eigenvalue weighted by molar-refractivity contribution is 9.10. The Morgan fingerprint density at radius 2 is 2.08 bits per heavy atom. The number of halogens is 4. The van der Waals surface area contributed by atoms with Crippen LogP contribution in [0.25, 0.3) is 11.3 Å². The van der Waals surface area contributed by atoms with Gasteiger partial charge < -0.3 is 9.84 Å². The van der Waals surface area contributed by atoms with Crippen LogP contribution in [0.1, 0.15) is 26.5 Å². The average molecular weight is 424 g/mol. The van der Waals surface area contributed by atoms with Crippen LogP contribution in [0.3, 0.4) is 0 Å². The van der Waals surface area contributed by atoms with Gasteiger partial charge in [0, 0.05) is 10.0 Å². The molecule has 0 amide bonds. The number of aromatic nitrogens is 2. The highest BCUT2D eigenvalue weighted by atomic mass is 79.9. The molecule has 0 radical (unpaired) electrons. The molecule has 0 aliphatic rings. The first-order valence-corrected chi connectivity index (χ1v) is 8.51. The second-order valence-corrected chi connectivity index (χ2v) is 7.25. The van der Waals surface area contributed by atoms with Gasteiger partial charge in [0.15, 0.2) is 0 Å². The topological polar surface area (TPSA) is 47.3 Å². The average Bonchev–Trinajstić information content (AvgIpc) is 2.73. The van der Waals surface area contributed by atoms with Gasteiger partial charge in [0.1, 0.15) is 5.75 Å². The molecule has 1 aromatic carbocycles. The van der Waals surface area contributed by atoms with Gasteiger partial charge in [-0.25, -0.2) is 0 Å². The summed E-state index contributed by atoms with van der Waals surface area (Å²) in [6.07, 6.45) is 0.576. The molecule has 0 spiro atoms. The normalized spacial score (nSPS) is 12.0. The van der Waals surface area contributed by atoms with E-state index >= 15 is 0 Å². The van der Waals surface area contributed by atoms with Crippen LogP contribution in [-0.2, 0) is 13.0 Å². The molecule has 0 aliphatic heterocycles. The fourth-order valence-electron chi connectivity index (χ4n) is 2.34. The van der Waals surface area contributed by atoms with E-state index in [2.05, 4.69) is 25.8 Å². The summed E-state index contributed by atoms with van der Waals surface area (Å²) < 4.78 is 32.3. The van der Waals surface area contributed by atoms with E-state index in [4.69, 9.17) is 11.6 Å². The lowest BCUT2D eigenvalue weighted by atomic mass is 10.1. The Hall–Kier alpha value is -1.18. The summed E-state index contributed by atoms with van der Waals surface area (Å²) in [6.45, 7) is 2.36. The Morgan fingerprint density at radius 3 is 2.62 bits per heavy atom. The minimum atomic E-state index is -2.96. The highest BCUT2D eigenvalue weighted by Crippen LogP contribution is 2.39. The third-order valence-corrected chi connectivity index (χ3v) is 4.14. The third kappa shape index (κ3) is 4.46. The number of ether oxygens (including phenoxy) is 1. The lowest BCUT2D eigenvalue weighted by Gasteiger charge is -2.20. The molecule has 2 rings (SSSR count). The molecular weight excluding hydrogens is 406 g/mol. The molecule has 24 heavy (non-hydrogen) atoms. The summed E-state index contributed by atoms with van der Waals surface area (Å²) in [7, 11) is 0. The van der Waals surface area contributed by atoms with Crippen molar-refractivity contribution in [3.05, 3.63) is 33.4 Å². The first kappa shape index (κ1) is 19.1. The fraction of sp³-hybridized carbons (Fsp3) is 0.438. The second kappa shape index (κ2) is 7.37. The van der Waals surface area contributed by atoms with Crippen LogP contribution < -0.4 is 4.74 Å². The fourth-order valence-corrected chi connectivity index (χ4v) is 3.05. The number of aliphatic hydroxyl groups is 1. The lowest BCUT2D eigenvalue weighted by molar-refractivity contribution is -0.0495. The van der Waals surface area contributed by atoms with Crippen LogP contribution in [0.15, 0.2) is 22.7 Å². The zero-order valence-corrected chi connectivity index (χ0v) is 15.8. The molecule has 132 valence electrons. The van der Waals surface area contributed by atoms with Gasteiger partial charge >= 0.3 is 6.61 Å². The maximum atomic E-state index is 12.8. The summed E-state index contributed by atoms with van der Waals surface area (Å²) in [6, 6.07) is 4.78. The molecule has 8 heteroatoms. The van der Waals surface area contributed by atoms with E-state index < -0.39 is 12.2 Å². The highest BCUT2D eigenvalue weighted by Gasteiger charge is 2.25. The molecule has 0 saturated heterocycles. The number of nitrogens with zero attached hydrogens (tertiary/aromatic N) is 2. The van der Waals surface area contributed by atoms with Crippen molar-refractivity contribution in [2.75, 3.05) is 0 Å². The third-order valence-electron chi connectivity index (χ3n) is 3.25. The molecule has 4 nitrogen and oxygen atoms in total. The molecule has 2 aromatic rings. The molecule has 0 bridgehead atoms. The van der Waals surface area contributed by atoms with Crippen LogP contribution in [-0.4, -0.2) is 27.1 Å². The molecule has 0 saturated carbocycles. The molecule has 0 fully saturated rings. The van der Waals surface area contributed by atoms with Crippen molar-refractivity contribution in [2.24, 2.45) is 0 Å². The molecule has 0 atom stereocenters. The Labute approximate surface area is 152 Å². The summed E-state index contributed by atoms with van der Waals surface area (Å²) in [5, 5.41) is 14.9. The maximum absolute atomic E-state index is 12.8. The largest absolute Gasteiger partial charge is 0.434 e. The first-order valence-electron chi connectivity index (χ1n) is 7.34. The van der Waals surface area contributed by atoms with Crippen molar-refractivity contribution in [1.29, 1.82) is 0 Å². The Balaban J connectivity index is 2.65. The van der Waals surface area contributed by atoms with Crippen molar-refractivity contribution < 1.29 is 18.6 Å². The van der Waals surface area contributed by atoms with Gasteiger partial charge in [-0.2, -0.15) is 13.9 Å². The van der Waals surface area contributed by atoms with Crippen LogP contribution in [0.4, 0.5) is 8.78 Å². The standard InChI is InChI=1S/C16H18BrClF2N2O2/c1-4-11-13(18)14(22(21-11)8-16(2,3)23)10-6-5-9(17)7-12(10)24-15(19)20/h5-7,15,23H,4,8H2,1-3H3. The quantitative estimate of drug-likeness (QED) is 0.719. The van der Waals surface area contributed by atoms with Crippen molar-refractivity contribution in [3.63, 3.8) is 0 Å². The van der Waals surface area contributed by atoms with Crippen molar-refractivity contribution in [2.45, 2.75) is 45.9 Å². The van der Waals surface area contributed by atoms with E-state index in [0.29, 0.717) is 32.9 Å². The Bertz CT molecular complexity index is 730. The van der Waals surface area contributed by atoms with E-state index in [1.807, 2.05) is 6.92 Å². The van der Waals surface area contributed by atoms with Gasteiger partial charge in [0.2, 0.25) is 0 Å². The van der Waals surface area contributed by atoms with Gasteiger partial charge in [0.05, 0.1) is 28.6 Å². The minimum Gasteiger partial charge on any atom is -0.434 e. The van der Waals surface area contributed by atoms with E-state index in [1.165, 1.54) is 10.7 Å². The Morgan fingerprint density at radius 1 is 1.42 bits per heavy atom. The Kier molecular flexibility index (Phi) is 5.88. The number of rotatable bonds is 6. The zero-order chi connectivity index (χ0) is 18.1. The van der Waals surface area contributed by atoms with Gasteiger partial charge in [0.25, 0.3) is 0 Å². The van der Waals surface area contributed by atoms with Crippen molar-refractivity contribution >= 4 is 27.5 Å².